The minimum Gasteiger partial charge on any atom is -0.466 e. The van der Waals surface area contributed by atoms with Crippen molar-refractivity contribution in [2.75, 3.05) is 13.2 Å². The highest BCUT2D eigenvalue weighted by Crippen LogP contribution is 2.08. The van der Waals surface area contributed by atoms with Crippen molar-refractivity contribution < 1.29 is 14.3 Å². The molecule has 0 atom stereocenters. The summed E-state index contributed by atoms with van der Waals surface area (Å²) in [5.74, 6) is -0.381. The maximum Gasteiger partial charge on any atom is 0.307 e. The van der Waals surface area contributed by atoms with Gasteiger partial charge in [0.2, 0.25) is 0 Å². The second-order valence-corrected chi connectivity index (χ2v) is 7.15. The average molecular weight is 376 g/mol. The Morgan fingerprint density at radius 3 is 2.15 bits per heavy atom. The number of unbranched alkanes of at least 4 members (excludes halogenated alkanes) is 7. The summed E-state index contributed by atoms with van der Waals surface area (Å²) >= 11 is 0. The molecule has 1 N–H and O–H groups in total. The molecular formula is C23H37NO3. The van der Waals surface area contributed by atoms with Gasteiger partial charge >= 0.3 is 5.97 Å². The van der Waals surface area contributed by atoms with E-state index in [4.69, 9.17) is 4.74 Å². The van der Waals surface area contributed by atoms with E-state index in [0.717, 1.165) is 32.1 Å². The fourth-order valence-electron chi connectivity index (χ4n) is 2.90. The number of ether oxygens (including phenoxy) is 1. The molecule has 0 heterocycles. The maximum absolute atomic E-state index is 12.1. The molecule has 1 amide bonds. The van der Waals surface area contributed by atoms with Gasteiger partial charge in [-0.05, 0) is 37.0 Å². The Morgan fingerprint density at radius 2 is 1.48 bits per heavy atom. The highest BCUT2D eigenvalue weighted by atomic mass is 16.5. The predicted octanol–water partition coefficient (Wildman–Crippen LogP) is 5.44. The van der Waals surface area contributed by atoms with Gasteiger partial charge in [0.1, 0.15) is 0 Å². The molecule has 1 aromatic rings. The first-order valence-corrected chi connectivity index (χ1v) is 10.7. The second-order valence-electron chi connectivity index (χ2n) is 7.15. The third-order valence-corrected chi connectivity index (χ3v) is 4.66. The lowest BCUT2D eigenvalue weighted by molar-refractivity contribution is -0.143. The van der Waals surface area contributed by atoms with Gasteiger partial charge in [0, 0.05) is 12.1 Å². The van der Waals surface area contributed by atoms with Crippen LogP contribution in [-0.4, -0.2) is 25.0 Å². The molecule has 0 saturated carbocycles. The normalized spacial score (nSPS) is 10.6. The highest BCUT2D eigenvalue weighted by Gasteiger charge is 2.07. The third-order valence-electron chi connectivity index (χ3n) is 4.66. The van der Waals surface area contributed by atoms with Crippen LogP contribution in [0.3, 0.4) is 0 Å². The number of aryl methyl sites for hydroxylation is 1. The number of hydrogen-bond donors (Lipinski definition) is 1. The van der Waals surface area contributed by atoms with Crippen molar-refractivity contribution in [3.63, 3.8) is 0 Å². The Bertz CT molecular complexity index is 525. The molecule has 0 bridgehead atoms. The van der Waals surface area contributed by atoms with Gasteiger partial charge in [-0.15, -0.1) is 0 Å². The quantitative estimate of drug-likeness (QED) is 0.328. The molecule has 0 radical (unpaired) electrons. The lowest BCUT2D eigenvalue weighted by atomic mass is 10.1. The Balaban J connectivity index is 2.08. The molecule has 0 aliphatic rings. The Hall–Kier alpha value is -1.84. The van der Waals surface area contributed by atoms with E-state index < -0.39 is 0 Å². The summed E-state index contributed by atoms with van der Waals surface area (Å²) in [5, 5.41) is 2.78. The second kappa shape index (κ2) is 15.2. The van der Waals surface area contributed by atoms with Crippen molar-refractivity contribution in [2.24, 2.45) is 0 Å². The van der Waals surface area contributed by atoms with Gasteiger partial charge in [-0.2, -0.15) is 0 Å². The number of nitrogens with one attached hydrogen (secondary N) is 1. The molecule has 0 unspecified atom stereocenters. The van der Waals surface area contributed by atoms with Gasteiger partial charge < -0.3 is 10.1 Å². The van der Waals surface area contributed by atoms with E-state index in [1.54, 1.807) is 0 Å². The van der Waals surface area contributed by atoms with Crippen LogP contribution in [-0.2, 0) is 16.0 Å². The van der Waals surface area contributed by atoms with Crippen LogP contribution in [0, 0.1) is 0 Å². The lowest BCUT2D eigenvalue weighted by Gasteiger charge is -2.07. The molecule has 0 aliphatic heterocycles. The van der Waals surface area contributed by atoms with Gasteiger partial charge in [-0.1, -0.05) is 70.9 Å². The van der Waals surface area contributed by atoms with Gasteiger partial charge in [0.15, 0.2) is 0 Å². The number of esters is 1. The summed E-state index contributed by atoms with van der Waals surface area (Å²) < 4.78 is 5.22. The fraction of sp³-hybridized carbons (Fsp3) is 0.652. The first-order chi connectivity index (χ1) is 13.2. The summed E-state index contributed by atoms with van der Waals surface area (Å²) in [6.45, 7) is 5.18. The minimum absolute atomic E-state index is 0.142. The van der Waals surface area contributed by atoms with Gasteiger partial charge in [0.25, 0.3) is 5.91 Å². The predicted molar refractivity (Wildman–Crippen MR) is 111 cm³/mol. The zero-order valence-corrected chi connectivity index (χ0v) is 17.2. The van der Waals surface area contributed by atoms with Gasteiger partial charge in [0.05, 0.1) is 13.0 Å². The van der Waals surface area contributed by atoms with Crippen LogP contribution in [0.15, 0.2) is 24.3 Å². The van der Waals surface area contributed by atoms with Crippen molar-refractivity contribution in [1.82, 2.24) is 5.32 Å². The largest absolute Gasteiger partial charge is 0.466 e. The minimum atomic E-state index is -0.240. The van der Waals surface area contributed by atoms with Crippen molar-refractivity contribution in [2.45, 2.75) is 84.5 Å². The summed E-state index contributed by atoms with van der Waals surface area (Å²) in [7, 11) is 0. The van der Waals surface area contributed by atoms with Gasteiger partial charge in [-0.3, -0.25) is 9.59 Å². The summed E-state index contributed by atoms with van der Waals surface area (Å²) in [5.41, 5.74) is 1.88. The van der Waals surface area contributed by atoms with Gasteiger partial charge in [-0.25, -0.2) is 0 Å². The molecule has 0 spiro atoms. The Morgan fingerprint density at radius 1 is 0.852 bits per heavy atom. The van der Waals surface area contributed by atoms with Crippen molar-refractivity contribution in [3.05, 3.63) is 35.4 Å². The SMILES string of the molecule is CCCCCCCCCOC(=O)CCNC(=O)c1ccc(CCCC)cc1. The molecule has 0 fully saturated rings. The Labute approximate surface area is 165 Å². The van der Waals surface area contributed by atoms with E-state index in [1.807, 2.05) is 24.3 Å². The number of rotatable bonds is 15. The molecule has 0 aliphatic carbocycles. The Kier molecular flexibility index (Phi) is 13.1. The monoisotopic (exact) mass is 375 g/mol. The first-order valence-electron chi connectivity index (χ1n) is 10.7. The maximum atomic E-state index is 12.1. The molecular weight excluding hydrogens is 338 g/mol. The number of amides is 1. The van der Waals surface area contributed by atoms with E-state index in [-0.39, 0.29) is 18.3 Å². The summed E-state index contributed by atoms with van der Waals surface area (Å²) in [6.07, 6.45) is 12.0. The van der Waals surface area contributed by atoms with Crippen LogP contribution in [0.4, 0.5) is 0 Å². The van der Waals surface area contributed by atoms with Crippen LogP contribution in [0.25, 0.3) is 0 Å². The molecule has 152 valence electrons. The molecule has 0 aromatic heterocycles. The highest BCUT2D eigenvalue weighted by molar-refractivity contribution is 5.94. The lowest BCUT2D eigenvalue weighted by Crippen LogP contribution is -2.26. The third kappa shape index (κ3) is 11.5. The van der Waals surface area contributed by atoms with Crippen LogP contribution in [0.2, 0.25) is 0 Å². The van der Waals surface area contributed by atoms with E-state index >= 15 is 0 Å². The average Bonchev–Trinajstić information content (AvgIpc) is 2.68. The standard InChI is InChI=1S/C23H37NO3/c1-3-5-7-8-9-10-11-19-27-22(25)17-18-24-23(26)21-15-13-20(14-16-21)12-6-4-2/h13-16H,3-12,17-19H2,1-2H3,(H,24,26). The molecule has 1 aromatic carbocycles. The summed E-state index contributed by atoms with van der Waals surface area (Å²) in [6, 6.07) is 7.69. The fourth-order valence-corrected chi connectivity index (χ4v) is 2.90. The molecule has 1 rings (SSSR count). The zero-order chi connectivity index (χ0) is 19.7. The topological polar surface area (TPSA) is 55.4 Å². The number of carbonyl (C=O) groups is 2. The van der Waals surface area contributed by atoms with E-state index in [2.05, 4.69) is 19.2 Å². The van der Waals surface area contributed by atoms with Crippen LogP contribution in [0.5, 0.6) is 0 Å². The molecule has 0 saturated heterocycles. The van der Waals surface area contributed by atoms with Crippen molar-refractivity contribution in [3.8, 4) is 0 Å². The number of benzene rings is 1. The van der Waals surface area contributed by atoms with Crippen LogP contribution < -0.4 is 5.32 Å². The smallest absolute Gasteiger partial charge is 0.307 e. The molecule has 27 heavy (non-hydrogen) atoms. The van der Waals surface area contributed by atoms with E-state index in [0.29, 0.717) is 18.7 Å². The number of carbonyl (C=O) groups excluding carboxylic acids is 2. The van der Waals surface area contributed by atoms with Crippen LogP contribution >= 0.6 is 0 Å². The van der Waals surface area contributed by atoms with Crippen molar-refractivity contribution in [1.29, 1.82) is 0 Å². The van der Waals surface area contributed by atoms with Crippen molar-refractivity contribution >= 4 is 11.9 Å². The van der Waals surface area contributed by atoms with Crippen LogP contribution in [0.1, 0.15) is 94.0 Å². The zero-order valence-electron chi connectivity index (χ0n) is 17.2. The molecule has 4 nitrogen and oxygen atoms in total. The van der Waals surface area contributed by atoms with E-state index in [1.165, 1.54) is 37.7 Å². The molecule has 4 heteroatoms. The first kappa shape index (κ1) is 23.2. The number of hydrogen-bond acceptors (Lipinski definition) is 3. The summed E-state index contributed by atoms with van der Waals surface area (Å²) in [4.78, 5) is 23.8. The van der Waals surface area contributed by atoms with E-state index in [9.17, 15) is 9.59 Å².